The molecule has 1 fully saturated rings. The molecule has 3 aromatic carbocycles. The van der Waals surface area contributed by atoms with Crippen molar-refractivity contribution in [1.82, 2.24) is 9.62 Å². The largest absolute Gasteiger partial charge is 0.496 e. The van der Waals surface area contributed by atoms with Gasteiger partial charge in [0, 0.05) is 19.6 Å². The van der Waals surface area contributed by atoms with Crippen molar-refractivity contribution in [3.8, 4) is 22.6 Å². The van der Waals surface area contributed by atoms with E-state index < -0.39 is 34.0 Å². The highest BCUT2D eigenvalue weighted by Crippen LogP contribution is 2.40. The summed E-state index contributed by atoms with van der Waals surface area (Å²) in [4.78, 5) is 25.4. The van der Waals surface area contributed by atoms with Crippen LogP contribution in [0.1, 0.15) is 30.9 Å². The van der Waals surface area contributed by atoms with Gasteiger partial charge in [-0.2, -0.15) is 4.31 Å². The van der Waals surface area contributed by atoms with E-state index in [-0.39, 0.29) is 17.9 Å². The van der Waals surface area contributed by atoms with E-state index in [0.29, 0.717) is 43.1 Å². The topological polar surface area (TPSA) is 131 Å². The van der Waals surface area contributed by atoms with Gasteiger partial charge in [-0.1, -0.05) is 42.5 Å². The van der Waals surface area contributed by atoms with Crippen LogP contribution < -0.4 is 14.8 Å². The van der Waals surface area contributed by atoms with Gasteiger partial charge in [0.2, 0.25) is 15.9 Å². The van der Waals surface area contributed by atoms with Crippen molar-refractivity contribution in [3.05, 3.63) is 77.9 Å². The summed E-state index contributed by atoms with van der Waals surface area (Å²) in [5.74, 6) is -0.619. The number of aliphatic carboxylic acids is 1. The van der Waals surface area contributed by atoms with Crippen molar-refractivity contribution < 1.29 is 37.3 Å². The van der Waals surface area contributed by atoms with Gasteiger partial charge < -0.3 is 24.6 Å². The van der Waals surface area contributed by atoms with Gasteiger partial charge in [0.1, 0.15) is 23.6 Å². The molecule has 1 amide bonds. The van der Waals surface area contributed by atoms with Gasteiger partial charge in [-0.25, -0.2) is 13.2 Å². The van der Waals surface area contributed by atoms with Crippen LogP contribution in [0.4, 0.5) is 0 Å². The first kappa shape index (κ1) is 31.0. The highest BCUT2D eigenvalue weighted by atomic mass is 32.2. The molecule has 2 unspecified atom stereocenters. The number of carbonyl (C=O) groups excluding carboxylic acids is 1. The van der Waals surface area contributed by atoms with Crippen molar-refractivity contribution in [3.63, 3.8) is 0 Å². The molecule has 1 heterocycles. The molecular formula is C31H36N2O8S. The van der Waals surface area contributed by atoms with Gasteiger partial charge in [0.15, 0.2) is 0 Å². The van der Waals surface area contributed by atoms with Gasteiger partial charge in [-0.15, -0.1) is 0 Å². The van der Waals surface area contributed by atoms with Crippen molar-refractivity contribution in [1.29, 1.82) is 0 Å². The summed E-state index contributed by atoms with van der Waals surface area (Å²) in [6, 6.07) is 16.7. The van der Waals surface area contributed by atoms with E-state index in [2.05, 4.69) is 5.32 Å². The van der Waals surface area contributed by atoms with Crippen molar-refractivity contribution in [2.45, 2.75) is 49.8 Å². The van der Waals surface area contributed by atoms with Gasteiger partial charge >= 0.3 is 5.97 Å². The number of sulfonamides is 1. The lowest BCUT2D eigenvalue weighted by Gasteiger charge is -2.25. The van der Waals surface area contributed by atoms with Crippen LogP contribution in [0.5, 0.6) is 11.5 Å². The highest BCUT2D eigenvalue weighted by Gasteiger charge is 2.40. The third-order valence-electron chi connectivity index (χ3n) is 7.19. The Balaban J connectivity index is 1.50. The lowest BCUT2D eigenvalue weighted by Crippen LogP contribution is -2.51. The smallest absolute Gasteiger partial charge is 0.326 e. The molecule has 2 atom stereocenters. The molecule has 2 N–H and O–H groups in total. The van der Waals surface area contributed by atoms with Gasteiger partial charge in [-0.3, -0.25) is 4.79 Å². The number of ether oxygens (including phenoxy) is 3. The van der Waals surface area contributed by atoms with E-state index in [0.717, 1.165) is 21.0 Å². The number of carboxylic acids is 1. The number of methoxy groups -OCH3 is 2. The maximum atomic E-state index is 13.2. The molecule has 0 saturated carbocycles. The van der Waals surface area contributed by atoms with Crippen LogP contribution in [0, 0.1) is 0 Å². The Kier molecular flexibility index (Phi) is 10.2. The minimum Gasteiger partial charge on any atom is -0.496 e. The number of benzene rings is 3. The number of carbonyl (C=O) groups is 2. The second-order valence-corrected chi connectivity index (χ2v) is 11.8. The Hall–Kier alpha value is -3.93. The van der Waals surface area contributed by atoms with E-state index in [1.54, 1.807) is 44.6 Å². The molecule has 1 saturated heterocycles. The van der Waals surface area contributed by atoms with Gasteiger partial charge in [-0.05, 0) is 60.7 Å². The molecule has 11 heteroatoms. The van der Waals surface area contributed by atoms with Crippen molar-refractivity contribution in [2.75, 3.05) is 27.4 Å². The zero-order valence-corrected chi connectivity index (χ0v) is 24.7. The first-order valence-electron chi connectivity index (χ1n) is 13.7. The van der Waals surface area contributed by atoms with Crippen LogP contribution >= 0.6 is 0 Å². The van der Waals surface area contributed by atoms with Crippen molar-refractivity contribution >= 4 is 21.9 Å². The summed E-state index contributed by atoms with van der Waals surface area (Å²) in [6.07, 6.45) is 0.829. The second-order valence-electron chi connectivity index (χ2n) is 9.90. The Labute approximate surface area is 246 Å². The fourth-order valence-corrected chi connectivity index (χ4v) is 6.76. The fraction of sp³-hybridized carbons (Fsp3) is 0.355. The molecule has 224 valence electrons. The molecule has 10 nitrogen and oxygen atoms in total. The fourth-order valence-electron chi connectivity index (χ4n) is 5.08. The van der Waals surface area contributed by atoms with Crippen LogP contribution in [0.3, 0.4) is 0 Å². The van der Waals surface area contributed by atoms with Crippen LogP contribution in [0.15, 0.2) is 71.6 Å². The van der Waals surface area contributed by atoms with Crippen LogP contribution in [0.25, 0.3) is 11.1 Å². The predicted molar refractivity (Wildman–Crippen MR) is 157 cm³/mol. The van der Waals surface area contributed by atoms with E-state index in [4.69, 9.17) is 14.2 Å². The molecular weight excluding hydrogens is 560 g/mol. The zero-order chi connectivity index (χ0) is 30.3. The molecule has 0 aromatic heterocycles. The van der Waals surface area contributed by atoms with Gasteiger partial charge in [0.05, 0.1) is 31.3 Å². The van der Waals surface area contributed by atoms with E-state index >= 15 is 0 Å². The number of carboxylic acid groups (broad SMARTS) is 1. The number of hydrogen-bond acceptors (Lipinski definition) is 7. The monoisotopic (exact) mass is 596 g/mol. The lowest BCUT2D eigenvalue weighted by atomic mass is 9.98. The number of nitrogens with zero attached hydrogens (tertiary/aromatic N) is 1. The summed E-state index contributed by atoms with van der Waals surface area (Å²) < 4.78 is 44.3. The molecule has 1 aliphatic rings. The van der Waals surface area contributed by atoms with Crippen LogP contribution in [-0.4, -0.2) is 69.2 Å². The average molecular weight is 597 g/mol. The summed E-state index contributed by atoms with van der Waals surface area (Å²) in [7, 11) is -0.746. The van der Waals surface area contributed by atoms with Crippen LogP contribution in [-0.2, 0) is 37.4 Å². The van der Waals surface area contributed by atoms with Gasteiger partial charge in [0.25, 0.3) is 0 Å². The minimum absolute atomic E-state index is 0.0150. The molecule has 0 spiro atoms. The number of rotatable bonds is 13. The number of hydrogen-bond donors (Lipinski definition) is 2. The Morgan fingerprint density at radius 3 is 2.21 bits per heavy atom. The lowest BCUT2D eigenvalue weighted by molar-refractivity contribution is -0.142. The summed E-state index contributed by atoms with van der Waals surface area (Å²) >= 11 is 0. The molecule has 42 heavy (non-hydrogen) atoms. The van der Waals surface area contributed by atoms with E-state index in [1.165, 1.54) is 12.1 Å². The summed E-state index contributed by atoms with van der Waals surface area (Å²) in [6.45, 7) is 3.11. The standard InChI is InChI=1S/C31H36N2O8S/c1-4-41-20-22-18-27(39-2)29(28(19-22)40-3)23-14-12-21(13-15-23)17-25(31(35)36)32-30(34)26-11-8-16-33(26)42(37,38)24-9-6-5-7-10-24/h5-7,9-10,12-15,18-19,25-26H,4,8,11,16-17,20H2,1-3H3,(H,32,34)(H,35,36). The zero-order valence-electron chi connectivity index (χ0n) is 23.9. The molecule has 0 aliphatic carbocycles. The Morgan fingerprint density at radius 2 is 1.64 bits per heavy atom. The maximum absolute atomic E-state index is 13.2. The number of amides is 1. The Morgan fingerprint density at radius 1 is 1.00 bits per heavy atom. The quantitative estimate of drug-likeness (QED) is 0.304. The SMILES string of the molecule is CCOCc1cc(OC)c(-c2ccc(CC(NC(=O)C3CCCN3S(=O)(=O)c3ccccc3)C(=O)O)cc2)c(OC)c1. The minimum atomic E-state index is -3.90. The predicted octanol–water partition coefficient (Wildman–Crippen LogP) is 3.87. The molecule has 1 aliphatic heterocycles. The van der Waals surface area contributed by atoms with Crippen LogP contribution in [0.2, 0.25) is 0 Å². The third-order valence-corrected chi connectivity index (χ3v) is 9.11. The number of nitrogens with one attached hydrogen (secondary N) is 1. The second kappa shape index (κ2) is 13.8. The maximum Gasteiger partial charge on any atom is 0.326 e. The molecule has 0 radical (unpaired) electrons. The highest BCUT2D eigenvalue weighted by molar-refractivity contribution is 7.89. The molecule has 3 aromatic rings. The van der Waals surface area contributed by atoms with Crippen molar-refractivity contribution in [2.24, 2.45) is 0 Å². The first-order chi connectivity index (χ1) is 20.2. The summed E-state index contributed by atoms with van der Waals surface area (Å²) in [5.41, 5.74) is 3.13. The first-order valence-corrected chi connectivity index (χ1v) is 15.2. The third kappa shape index (κ3) is 6.92. The summed E-state index contributed by atoms with van der Waals surface area (Å²) in [5, 5.41) is 12.5. The molecule has 4 rings (SSSR count). The molecule has 0 bridgehead atoms. The normalized spacial score (nSPS) is 16.1. The Bertz CT molecular complexity index is 1470. The van der Waals surface area contributed by atoms with E-state index in [1.807, 2.05) is 31.2 Å². The van der Waals surface area contributed by atoms with E-state index in [9.17, 15) is 23.1 Å². The average Bonchev–Trinajstić information content (AvgIpc) is 3.51.